The highest BCUT2D eigenvalue weighted by Gasteiger charge is 2.00. The molecule has 109 heavy (non-hydrogen) atoms. The van der Waals surface area contributed by atoms with E-state index in [1.807, 2.05) is 18.2 Å². The number of aromatic hydroxyl groups is 3. The predicted molar refractivity (Wildman–Crippen MR) is 472 cm³/mol. The lowest BCUT2D eigenvalue weighted by molar-refractivity contribution is 0.399. The molecule has 0 aliphatic rings. The average Bonchev–Trinajstić information content (AvgIpc) is 0.862. The van der Waals surface area contributed by atoms with Gasteiger partial charge in [-0.15, -0.1) is 0 Å². The molecule has 0 unspecified atom stereocenters. The van der Waals surface area contributed by atoms with E-state index in [0.717, 1.165) is 72.7 Å². The molecule has 15 rings (SSSR count). The molecule has 6 heteroatoms. The van der Waals surface area contributed by atoms with Gasteiger partial charge in [0.1, 0.15) is 17.2 Å². The first kappa shape index (κ1) is 91.6. The minimum Gasteiger partial charge on any atom is -0.508 e. The van der Waals surface area contributed by atoms with Crippen LogP contribution < -0.4 is 0 Å². The molecule has 0 saturated carbocycles. The fraction of sp³-hybridized carbons (Fsp3) is 0.184. The number of hydrogen-bond donors (Lipinski definition) is 6. The third kappa shape index (κ3) is 37.9. The number of para-hydroxylation sites is 3. The highest BCUT2D eigenvalue weighted by molar-refractivity contribution is 5.83. The van der Waals surface area contributed by atoms with Gasteiger partial charge in [-0.25, -0.2) is 0 Å². The lowest BCUT2D eigenvalue weighted by Gasteiger charge is -2.04. The molecule has 0 fully saturated rings. The summed E-state index contributed by atoms with van der Waals surface area (Å²) >= 11 is 0. The first-order valence-electron chi connectivity index (χ1n) is 37.9. The molecule has 0 spiro atoms. The van der Waals surface area contributed by atoms with Crippen LogP contribution in [0.2, 0.25) is 0 Å². The molecular formula is C103H118O6. The molecule has 566 valence electrons. The molecule has 6 nitrogen and oxygen atoms in total. The van der Waals surface area contributed by atoms with Gasteiger partial charge in [0.05, 0.1) is 0 Å². The summed E-state index contributed by atoms with van der Waals surface area (Å²) in [6, 6.07) is 129. The van der Waals surface area contributed by atoms with E-state index in [0.29, 0.717) is 17.2 Å². The van der Waals surface area contributed by atoms with Crippen molar-refractivity contribution in [2.75, 3.05) is 21.3 Å². The number of phenols is 3. The van der Waals surface area contributed by atoms with E-state index >= 15 is 0 Å². The van der Waals surface area contributed by atoms with Crippen LogP contribution in [-0.2, 0) is 51.4 Å². The van der Waals surface area contributed by atoms with Crippen molar-refractivity contribution in [3.8, 4) is 39.5 Å². The van der Waals surface area contributed by atoms with E-state index in [2.05, 4.69) is 347 Å². The van der Waals surface area contributed by atoms with Crippen LogP contribution >= 0.6 is 0 Å². The van der Waals surface area contributed by atoms with Crippen LogP contribution in [0.3, 0.4) is 0 Å². The Balaban J connectivity index is 0.000000315. The summed E-state index contributed by atoms with van der Waals surface area (Å²) in [7, 11) is 3.00. The highest BCUT2D eigenvalue weighted by Crippen LogP contribution is 2.23. The SMILES string of the molecule is CCc1ccc(-c2ccc(CC)cc2)cc1.CCc1ccc(-c2ccc(CC)cc2)cc1.CCc1ccc(CC)cc1.CCc1ccc(CC)cc1.CO.CO.CO.Oc1ccccc1.Oc1ccccc1.Oc1ccccc1.c1ccc2ccccc2c1.c1ccc2ccccc2c1.c1ccc2ccccc2c1. The third-order valence-corrected chi connectivity index (χ3v) is 17.0. The van der Waals surface area contributed by atoms with Crippen LogP contribution in [0.4, 0.5) is 0 Å². The average molecular weight is 1450 g/mol. The van der Waals surface area contributed by atoms with Gasteiger partial charge in [0, 0.05) is 21.3 Å². The molecule has 0 aliphatic heterocycles. The molecule has 0 heterocycles. The number of phenolic OH excluding ortho intramolecular Hbond substituents is 3. The van der Waals surface area contributed by atoms with Gasteiger partial charge >= 0.3 is 0 Å². The monoisotopic (exact) mass is 1450 g/mol. The van der Waals surface area contributed by atoms with Gasteiger partial charge in [0.25, 0.3) is 0 Å². The summed E-state index contributed by atoms with van der Waals surface area (Å²) in [5, 5.41) is 54.8. The van der Waals surface area contributed by atoms with Crippen molar-refractivity contribution in [2.45, 2.75) is 107 Å². The maximum atomic E-state index is 8.63. The van der Waals surface area contributed by atoms with E-state index < -0.39 is 0 Å². The zero-order valence-electron chi connectivity index (χ0n) is 66.2. The Bertz CT molecular complexity index is 3890. The molecule has 15 aromatic carbocycles. The maximum Gasteiger partial charge on any atom is 0.115 e. The lowest BCUT2D eigenvalue weighted by atomic mass is 10.0. The number of fused-ring (bicyclic) bond motifs is 3. The van der Waals surface area contributed by atoms with E-state index in [1.54, 1.807) is 72.8 Å². The minimum atomic E-state index is 0.322. The summed E-state index contributed by atoms with van der Waals surface area (Å²) in [6.45, 7) is 17.5. The van der Waals surface area contributed by atoms with Crippen LogP contribution in [-0.4, -0.2) is 52.0 Å². The van der Waals surface area contributed by atoms with Crippen LogP contribution in [0.5, 0.6) is 17.2 Å². The van der Waals surface area contributed by atoms with E-state index in [1.165, 1.54) is 99.1 Å². The third-order valence-electron chi connectivity index (χ3n) is 17.0. The molecule has 0 bridgehead atoms. The Morgan fingerprint density at radius 1 is 0.138 bits per heavy atom. The second-order valence-corrected chi connectivity index (χ2v) is 24.3. The van der Waals surface area contributed by atoms with Gasteiger partial charge in [0.2, 0.25) is 0 Å². The van der Waals surface area contributed by atoms with Crippen LogP contribution in [0, 0.1) is 0 Å². The number of aliphatic hydroxyl groups excluding tert-OH is 3. The summed E-state index contributed by atoms with van der Waals surface area (Å²) in [5.74, 6) is 0.965. The van der Waals surface area contributed by atoms with Crippen molar-refractivity contribution in [1.82, 2.24) is 0 Å². The van der Waals surface area contributed by atoms with Gasteiger partial charge in [-0.1, -0.05) is 401 Å². The van der Waals surface area contributed by atoms with Crippen molar-refractivity contribution in [2.24, 2.45) is 0 Å². The number of rotatable bonds is 10. The molecule has 0 atom stereocenters. The van der Waals surface area contributed by atoms with Gasteiger partial charge in [0.15, 0.2) is 0 Å². The fourth-order valence-electron chi connectivity index (χ4n) is 10.4. The Hall–Kier alpha value is -11.6. The summed E-state index contributed by atoms with van der Waals surface area (Å²) in [5.41, 5.74) is 16.5. The van der Waals surface area contributed by atoms with Crippen molar-refractivity contribution >= 4 is 32.3 Å². The fourth-order valence-corrected chi connectivity index (χ4v) is 10.4. The van der Waals surface area contributed by atoms with Crippen LogP contribution in [0.25, 0.3) is 54.6 Å². The summed E-state index contributed by atoms with van der Waals surface area (Å²) < 4.78 is 0. The van der Waals surface area contributed by atoms with Crippen molar-refractivity contribution in [3.63, 3.8) is 0 Å². The van der Waals surface area contributed by atoms with Crippen molar-refractivity contribution in [3.05, 3.63) is 427 Å². The van der Waals surface area contributed by atoms with Gasteiger partial charge in [-0.3, -0.25) is 0 Å². The Morgan fingerprint density at radius 2 is 0.239 bits per heavy atom. The molecule has 0 saturated heterocycles. The molecule has 0 amide bonds. The smallest absolute Gasteiger partial charge is 0.115 e. The van der Waals surface area contributed by atoms with E-state index in [9.17, 15) is 0 Å². The molecule has 0 aliphatic carbocycles. The number of aliphatic hydroxyl groups is 3. The summed E-state index contributed by atoms with van der Waals surface area (Å²) in [4.78, 5) is 0. The standard InChI is InChI=1S/2C16H18.3C10H8.2C10H14.3C6H6O.3CH4O/c2*1-3-13-5-9-15(10-6-13)16-11-7-14(4-2)8-12-16;3*1-2-6-10-8-4-3-7-9(10)5-1;2*1-3-9-5-7-10(4-2)8-6-9;3*7-6-4-2-1-3-5-6;3*1-2/h2*5-12H,3-4H2,1-2H3;3*1-8H;2*5-8H,3-4H2,1-2H3;3*1-5,7H;3*2H,1H3. The van der Waals surface area contributed by atoms with E-state index in [4.69, 9.17) is 30.6 Å². The Morgan fingerprint density at radius 3 is 0.330 bits per heavy atom. The number of aryl methyl sites for hydroxylation is 8. The molecule has 6 N–H and O–H groups in total. The molecule has 0 aromatic heterocycles. The van der Waals surface area contributed by atoms with Gasteiger partial charge < -0.3 is 30.6 Å². The van der Waals surface area contributed by atoms with Crippen molar-refractivity contribution < 1.29 is 30.6 Å². The molecular weight excluding hydrogens is 1330 g/mol. The van der Waals surface area contributed by atoms with Crippen LogP contribution in [0.1, 0.15) is 99.9 Å². The molecule has 15 aromatic rings. The zero-order valence-corrected chi connectivity index (χ0v) is 66.2. The summed E-state index contributed by atoms with van der Waals surface area (Å²) in [6.07, 6.45) is 9.00. The largest absolute Gasteiger partial charge is 0.508 e. The second-order valence-electron chi connectivity index (χ2n) is 24.3. The van der Waals surface area contributed by atoms with Gasteiger partial charge in [-0.05, 0) is 187 Å². The molecule has 0 radical (unpaired) electrons. The lowest BCUT2D eigenvalue weighted by Crippen LogP contribution is -1.83. The Kier molecular flexibility index (Phi) is 49.2. The Labute approximate surface area is 653 Å². The van der Waals surface area contributed by atoms with Gasteiger partial charge in [-0.2, -0.15) is 0 Å². The van der Waals surface area contributed by atoms with Crippen LogP contribution in [0.15, 0.2) is 382 Å². The topological polar surface area (TPSA) is 121 Å². The second kappa shape index (κ2) is 58.5. The minimum absolute atomic E-state index is 0.322. The zero-order chi connectivity index (χ0) is 79.3. The first-order chi connectivity index (χ1) is 53.5. The first-order valence-corrected chi connectivity index (χ1v) is 37.9. The van der Waals surface area contributed by atoms with Crippen molar-refractivity contribution in [1.29, 1.82) is 0 Å². The number of hydrogen-bond acceptors (Lipinski definition) is 6. The normalized spacial score (nSPS) is 9.41. The number of benzene rings is 15. The highest BCUT2D eigenvalue weighted by atomic mass is 16.3. The van der Waals surface area contributed by atoms with E-state index in [-0.39, 0.29) is 0 Å². The quantitative estimate of drug-likeness (QED) is 0.0811. The maximum absolute atomic E-state index is 8.63. The predicted octanol–water partition coefficient (Wildman–Crippen LogP) is 26.1.